The average Bonchev–Trinajstić information content (AvgIpc) is 2.68. The Labute approximate surface area is 121 Å². The second-order valence-corrected chi connectivity index (χ2v) is 5.48. The molecule has 1 aliphatic carbocycles. The summed E-state index contributed by atoms with van der Waals surface area (Å²) in [6.07, 6.45) is 0. The Bertz CT molecular complexity index is 624. The fourth-order valence-electron chi connectivity index (χ4n) is 1.74. The monoisotopic (exact) mass is 286 g/mol. The van der Waals surface area contributed by atoms with E-state index in [1.54, 1.807) is 11.8 Å². The number of hydrogen-bond acceptors (Lipinski definition) is 3. The molecule has 2 nitrogen and oxygen atoms in total. The molecule has 1 aromatic carbocycles. The normalized spacial score (nSPS) is 10.8. The number of aromatic nitrogens is 2. The first-order valence-electron chi connectivity index (χ1n) is 5.91. The summed E-state index contributed by atoms with van der Waals surface area (Å²) in [7, 11) is 0. The molecule has 0 spiro atoms. The van der Waals surface area contributed by atoms with E-state index >= 15 is 0 Å². The van der Waals surface area contributed by atoms with Crippen LogP contribution in [0.2, 0.25) is 5.02 Å². The fraction of sp³-hybridized carbons (Fsp3) is 0.0667. The van der Waals surface area contributed by atoms with Gasteiger partial charge in [0.2, 0.25) is 0 Å². The number of nitrogens with zero attached hydrogens (tertiary/aromatic N) is 2. The third-order valence-electron chi connectivity index (χ3n) is 2.71. The van der Waals surface area contributed by atoms with Crippen molar-refractivity contribution >= 4 is 23.4 Å². The van der Waals surface area contributed by atoms with Crippen molar-refractivity contribution in [3.8, 4) is 11.4 Å². The van der Waals surface area contributed by atoms with Crippen LogP contribution in [0.1, 0.15) is 5.56 Å². The zero-order valence-electron chi connectivity index (χ0n) is 10.1. The number of halogens is 1. The van der Waals surface area contributed by atoms with E-state index in [2.05, 4.69) is 9.97 Å². The van der Waals surface area contributed by atoms with Crippen molar-refractivity contribution < 1.29 is 0 Å². The van der Waals surface area contributed by atoms with E-state index in [4.69, 9.17) is 11.6 Å². The zero-order chi connectivity index (χ0) is 13.1. The van der Waals surface area contributed by atoms with E-state index in [1.807, 2.05) is 54.6 Å². The molecule has 0 aromatic heterocycles. The minimum atomic E-state index is 0.761. The molecule has 19 heavy (non-hydrogen) atoms. The summed E-state index contributed by atoms with van der Waals surface area (Å²) in [5.41, 5.74) is 3.08. The van der Waals surface area contributed by atoms with Gasteiger partial charge in [0.1, 0.15) is 0 Å². The first kappa shape index (κ1) is 12.5. The van der Waals surface area contributed by atoms with Gasteiger partial charge in [0.15, 0.2) is 5.16 Å². The van der Waals surface area contributed by atoms with Crippen molar-refractivity contribution in [3.05, 3.63) is 65.2 Å². The molecule has 4 heteroatoms. The second kappa shape index (κ2) is 5.59. The van der Waals surface area contributed by atoms with Gasteiger partial charge >= 0.3 is 0 Å². The van der Waals surface area contributed by atoms with Crippen molar-refractivity contribution in [2.75, 3.05) is 0 Å². The second-order valence-electron chi connectivity index (χ2n) is 4.10. The molecule has 94 valence electrons. The van der Waals surface area contributed by atoms with Crippen LogP contribution in [-0.4, -0.2) is 9.97 Å². The van der Waals surface area contributed by atoms with Crippen LogP contribution in [0.25, 0.3) is 11.4 Å². The summed E-state index contributed by atoms with van der Waals surface area (Å²) >= 11 is 7.50. The van der Waals surface area contributed by atoms with Crippen LogP contribution in [0.3, 0.4) is 0 Å². The van der Waals surface area contributed by atoms with Crippen LogP contribution in [0.5, 0.6) is 0 Å². The standard InChI is InChI=1S/C15H11ClN2S/c16-12-8-6-11(7-9-12)10-19-15-17-13-4-2-1-3-5-14(13)18-15/h1-9H,10H2. The van der Waals surface area contributed by atoms with Gasteiger partial charge in [-0.25, -0.2) is 9.97 Å². The van der Waals surface area contributed by atoms with Gasteiger partial charge in [-0.05, 0) is 29.8 Å². The van der Waals surface area contributed by atoms with Crippen LogP contribution in [0, 0.1) is 0 Å². The fourth-order valence-corrected chi connectivity index (χ4v) is 2.68. The SMILES string of the molecule is Clc1ccc(CSc2nc3cccccc-3n2)cc1. The minimum Gasteiger partial charge on any atom is -0.221 e. The number of fused-ring (bicyclic) bond motifs is 1. The lowest BCUT2D eigenvalue weighted by Gasteiger charge is -1.98. The Morgan fingerprint density at radius 3 is 2.11 bits per heavy atom. The van der Waals surface area contributed by atoms with Crippen molar-refractivity contribution in [2.45, 2.75) is 10.9 Å². The highest BCUT2D eigenvalue weighted by Crippen LogP contribution is 2.26. The van der Waals surface area contributed by atoms with Crippen molar-refractivity contribution in [1.82, 2.24) is 9.97 Å². The Balaban J connectivity index is 1.75. The van der Waals surface area contributed by atoms with Gasteiger partial charge in [-0.1, -0.05) is 53.7 Å². The number of imidazole rings is 1. The lowest BCUT2D eigenvalue weighted by molar-refractivity contribution is 1.07. The van der Waals surface area contributed by atoms with Gasteiger partial charge in [0, 0.05) is 10.8 Å². The summed E-state index contributed by atoms with van der Waals surface area (Å²) in [4.78, 5) is 9.02. The highest BCUT2D eigenvalue weighted by molar-refractivity contribution is 7.98. The van der Waals surface area contributed by atoms with Crippen LogP contribution < -0.4 is 0 Å². The summed E-state index contributed by atoms with van der Waals surface area (Å²) in [5.74, 6) is 0.847. The third-order valence-corrected chi connectivity index (χ3v) is 3.88. The molecule has 0 amide bonds. The summed E-state index contributed by atoms with van der Waals surface area (Å²) < 4.78 is 0. The average molecular weight is 287 g/mol. The first-order chi connectivity index (χ1) is 9.31. The van der Waals surface area contributed by atoms with E-state index in [0.717, 1.165) is 27.3 Å². The highest BCUT2D eigenvalue weighted by Gasteiger charge is 2.09. The largest absolute Gasteiger partial charge is 0.221 e. The number of hydrogen-bond donors (Lipinski definition) is 0. The van der Waals surface area contributed by atoms with Crippen molar-refractivity contribution in [1.29, 1.82) is 0 Å². The van der Waals surface area contributed by atoms with Crippen molar-refractivity contribution in [2.24, 2.45) is 0 Å². The molecule has 1 aromatic rings. The van der Waals surface area contributed by atoms with Crippen LogP contribution in [-0.2, 0) is 5.75 Å². The number of rotatable bonds is 3. The van der Waals surface area contributed by atoms with Gasteiger partial charge in [-0.3, -0.25) is 0 Å². The summed E-state index contributed by atoms with van der Waals surface area (Å²) in [5, 5.41) is 1.58. The predicted molar refractivity (Wildman–Crippen MR) is 79.7 cm³/mol. The molecule has 0 saturated heterocycles. The molecule has 0 saturated carbocycles. The minimum absolute atomic E-state index is 0.761. The molecule has 0 N–H and O–H groups in total. The Kier molecular flexibility index (Phi) is 3.67. The van der Waals surface area contributed by atoms with E-state index < -0.39 is 0 Å². The maximum atomic E-state index is 5.86. The van der Waals surface area contributed by atoms with Gasteiger partial charge in [-0.15, -0.1) is 0 Å². The molecular weight excluding hydrogens is 276 g/mol. The Hall–Kier alpha value is -1.58. The highest BCUT2D eigenvalue weighted by atomic mass is 35.5. The van der Waals surface area contributed by atoms with Crippen LogP contribution in [0.4, 0.5) is 0 Å². The molecule has 2 aliphatic rings. The van der Waals surface area contributed by atoms with E-state index in [-0.39, 0.29) is 0 Å². The molecule has 0 fully saturated rings. The van der Waals surface area contributed by atoms with Gasteiger partial charge in [0.05, 0.1) is 11.4 Å². The maximum absolute atomic E-state index is 5.86. The van der Waals surface area contributed by atoms with Gasteiger partial charge in [0.25, 0.3) is 0 Å². The lowest BCUT2D eigenvalue weighted by atomic mass is 10.2. The molecule has 0 bridgehead atoms. The van der Waals surface area contributed by atoms with Gasteiger partial charge < -0.3 is 0 Å². The smallest absolute Gasteiger partial charge is 0.189 e. The Morgan fingerprint density at radius 1 is 0.842 bits per heavy atom. The van der Waals surface area contributed by atoms with Crippen LogP contribution in [0.15, 0.2) is 59.8 Å². The van der Waals surface area contributed by atoms with Gasteiger partial charge in [-0.2, -0.15) is 0 Å². The van der Waals surface area contributed by atoms with E-state index in [9.17, 15) is 0 Å². The molecular formula is C15H11ClN2S. The Morgan fingerprint density at radius 2 is 1.47 bits per heavy atom. The topological polar surface area (TPSA) is 25.8 Å². The predicted octanol–water partition coefficient (Wildman–Crippen LogP) is 4.53. The molecule has 0 radical (unpaired) electrons. The molecule has 1 aliphatic heterocycles. The molecule has 0 atom stereocenters. The zero-order valence-corrected chi connectivity index (χ0v) is 11.7. The van der Waals surface area contributed by atoms with E-state index in [0.29, 0.717) is 0 Å². The molecule has 3 rings (SSSR count). The van der Waals surface area contributed by atoms with Crippen LogP contribution >= 0.6 is 23.4 Å². The molecule has 0 unspecified atom stereocenters. The lowest BCUT2D eigenvalue weighted by Crippen LogP contribution is -1.81. The first-order valence-corrected chi connectivity index (χ1v) is 7.28. The molecule has 1 heterocycles. The number of thioether (sulfide) groups is 1. The summed E-state index contributed by atoms with van der Waals surface area (Å²) in [6.45, 7) is 0. The van der Waals surface area contributed by atoms with Crippen molar-refractivity contribution in [3.63, 3.8) is 0 Å². The number of benzene rings is 1. The summed E-state index contributed by atoms with van der Waals surface area (Å²) in [6, 6.07) is 17.7. The van der Waals surface area contributed by atoms with E-state index in [1.165, 1.54) is 5.56 Å². The third kappa shape index (κ3) is 3.06. The quantitative estimate of drug-likeness (QED) is 0.662. The maximum Gasteiger partial charge on any atom is 0.189 e.